The van der Waals surface area contributed by atoms with Gasteiger partial charge in [-0.1, -0.05) is 30.3 Å². The zero-order valence-electron chi connectivity index (χ0n) is 11.7. The standard InChI is InChI=1S/C14H17N5O2/c1-15-13-12(19(20)21)14(18-10-17-13)16-9-5-8-11-6-3-2-4-7-11/h2-4,6-7,10H,5,8-9H2,1H3,(H2,15,16,17,18). The van der Waals surface area contributed by atoms with Gasteiger partial charge in [0.2, 0.25) is 11.6 Å². The van der Waals surface area contributed by atoms with Gasteiger partial charge in [0.15, 0.2) is 0 Å². The molecule has 2 N–H and O–H groups in total. The molecule has 0 fully saturated rings. The van der Waals surface area contributed by atoms with Crippen LogP contribution in [0.25, 0.3) is 0 Å². The Morgan fingerprint density at radius 1 is 1.19 bits per heavy atom. The molecule has 0 aliphatic carbocycles. The molecule has 110 valence electrons. The monoisotopic (exact) mass is 287 g/mol. The average Bonchev–Trinajstić information content (AvgIpc) is 2.52. The van der Waals surface area contributed by atoms with E-state index in [4.69, 9.17) is 0 Å². The number of anilines is 2. The summed E-state index contributed by atoms with van der Waals surface area (Å²) in [6.07, 6.45) is 3.07. The molecule has 21 heavy (non-hydrogen) atoms. The predicted molar refractivity (Wildman–Crippen MR) is 81.5 cm³/mol. The minimum absolute atomic E-state index is 0.125. The molecule has 0 unspecified atom stereocenters. The van der Waals surface area contributed by atoms with Gasteiger partial charge in [-0.25, -0.2) is 9.97 Å². The summed E-state index contributed by atoms with van der Waals surface area (Å²) >= 11 is 0. The zero-order chi connectivity index (χ0) is 15.1. The summed E-state index contributed by atoms with van der Waals surface area (Å²) in [5.74, 6) is 0.452. The van der Waals surface area contributed by atoms with E-state index >= 15 is 0 Å². The van der Waals surface area contributed by atoms with Crippen molar-refractivity contribution in [1.82, 2.24) is 9.97 Å². The number of aromatic nitrogens is 2. The summed E-state index contributed by atoms with van der Waals surface area (Å²) in [6.45, 7) is 0.607. The van der Waals surface area contributed by atoms with E-state index in [-0.39, 0.29) is 17.3 Å². The van der Waals surface area contributed by atoms with Crippen molar-refractivity contribution in [2.45, 2.75) is 12.8 Å². The van der Waals surface area contributed by atoms with Crippen LogP contribution in [0.3, 0.4) is 0 Å². The van der Waals surface area contributed by atoms with Crippen molar-refractivity contribution in [3.63, 3.8) is 0 Å². The molecule has 0 spiro atoms. The third-order valence-electron chi connectivity index (χ3n) is 3.02. The average molecular weight is 287 g/mol. The van der Waals surface area contributed by atoms with Gasteiger partial charge in [0.25, 0.3) is 0 Å². The Morgan fingerprint density at radius 2 is 1.90 bits per heavy atom. The molecule has 0 amide bonds. The summed E-state index contributed by atoms with van der Waals surface area (Å²) in [6, 6.07) is 10.1. The van der Waals surface area contributed by atoms with E-state index in [2.05, 4.69) is 32.7 Å². The first kappa shape index (κ1) is 14.7. The Hall–Kier alpha value is -2.70. The Morgan fingerprint density at radius 3 is 2.57 bits per heavy atom. The molecule has 0 saturated heterocycles. The number of nitrogens with one attached hydrogen (secondary N) is 2. The molecule has 0 aliphatic rings. The van der Waals surface area contributed by atoms with Crippen LogP contribution in [-0.2, 0) is 6.42 Å². The SMILES string of the molecule is CNc1ncnc(NCCCc2ccccc2)c1[N+](=O)[O-]. The van der Waals surface area contributed by atoms with E-state index in [1.165, 1.54) is 11.9 Å². The minimum atomic E-state index is -0.481. The van der Waals surface area contributed by atoms with Crippen LogP contribution in [0, 0.1) is 10.1 Å². The maximum absolute atomic E-state index is 11.1. The molecular formula is C14H17N5O2. The van der Waals surface area contributed by atoms with E-state index in [0.29, 0.717) is 6.54 Å². The second-order valence-electron chi connectivity index (χ2n) is 4.44. The highest BCUT2D eigenvalue weighted by Gasteiger charge is 2.21. The van der Waals surface area contributed by atoms with Gasteiger partial charge in [0.05, 0.1) is 4.92 Å². The molecule has 1 aromatic carbocycles. The first-order valence-corrected chi connectivity index (χ1v) is 6.67. The van der Waals surface area contributed by atoms with Gasteiger partial charge < -0.3 is 10.6 Å². The number of nitrogens with zero attached hydrogens (tertiary/aromatic N) is 3. The summed E-state index contributed by atoms with van der Waals surface area (Å²) in [5, 5.41) is 16.8. The lowest BCUT2D eigenvalue weighted by molar-refractivity contribution is -0.383. The van der Waals surface area contributed by atoms with Gasteiger partial charge >= 0.3 is 5.69 Å². The van der Waals surface area contributed by atoms with Crippen LogP contribution in [0.4, 0.5) is 17.3 Å². The third-order valence-corrected chi connectivity index (χ3v) is 3.02. The van der Waals surface area contributed by atoms with Crippen LogP contribution in [0.2, 0.25) is 0 Å². The van der Waals surface area contributed by atoms with E-state index in [0.717, 1.165) is 12.8 Å². The Balaban J connectivity index is 1.95. The minimum Gasteiger partial charge on any atom is -0.367 e. The molecular weight excluding hydrogens is 270 g/mol. The first-order valence-electron chi connectivity index (χ1n) is 6.67. The van der Waals surface area contributed by atoms with E-state index in [1.54, 1.807) is 7.05 Å². The summed E-state index contributed by atoms with van der Waals surface area (Å²) < 4.78 is 0. The fraction of sp³-hybridized carbons (Fsp3) is 0.286. The topological polar surface area (TPSA) is 93.0 Å². The Bertz CT molecular complexity index is 604. The lowest BCUT2D eigenvalue weighted by Gasteiger charge is -2.08. The molecule has 0 bridgehead atoms. The van der Waals surface area contributed by atoms with Crippen LogP contribution < -0.4 is 10.6 Å². The lowest BCUT2D eigenvalue weighted by Crippen LogP contribution is -2.09. The molecule has 0 aliphatic heterocycles. The van der Waals surface area contributed by atoms with Gasteiger partial charge in [-0.15, -0.1) is 0 Å². The molecule has 1 aromatic heterocycles. The first-order chi connectivity index (χ1) is 10.2. The van der Waals surface area contributed by atoms with Crippen LogP contribution >= 0.6 is 0 Å². The van der Waals surface area contributed by atoms with E-state index in [1.807, 2.05) is 18.2 Å². The summed E-state index contributed by atoms with van der Waals surface area (Å²) in [5.41, 5.74) is 1.12. The van der Waals surface area contributed by atoms with Crippen molar-refractivity contribution >= 4 is 17.3 Å². The highest BCUT2D eigenvalue weighted by Crippen LogP contribution is 2.28. The lowest BCUT2D eigenvalue weighted by atomic mass is 10.1. The largest absolute Gasteiger partial charge is 0.367 e. The molecule has 7 nitrogen and oxygen atoms in total. The van der Waals surface area contributed by atoms with Crippen LogP contribution in [0.5, 0.6) is 0 Å². The van der Waals surface area contributed by atoms with Crippen LogP contribution in [0.15, 0.2) is 36.7 Å². The molecule has 2 aromatic rings. The number of benzene rings is 1. The van der Waals surface area contributed by atoms with Crippen molar-refractivity contribution in [2.24, 2.45) is 0 Å². The summed E-state index contributed by atoms with van der Waals surface area (Å²) in [7, 11) is 1.59. The maximum atomic E-state index is 11.1. The van der Waals surface area contributed by atoms with Crippen molar-refractivity contribution in [3.05, 3.63) is 52.3 Å². The quantitative estimate of drug-likeness (QED) is 0.461. The number of hydrogen-bond donors (Lipinski definition) is 2. The molecule has 7 heteroatoms. The van der Waals surface area contributed by atoms with E-state index < -0.39 is 4.92 Å². The van der Waals surface area contributed by atoms with Gasteiger partial charge in [0, 0.05) is 13.6 Å². The third kappa shape index (κ3) is 3.88. The molecule has 0 radical (unpaired) electrons. The Kier molecular flexibility index (Phi) is 5.03. The van der Waals surface area contributed by atoms with Crippen molar-refractivity contribution in [3.8, 4) is 0 Å². The van der Waals surface area contributed by atoms with Crippen molar-refractivity contribution in [2.75, 3.05) is 24.2 Å². The molecule has 0 atom stereocenters. The molecule has 1 heterocycles. The highest BCUT2D eigenvalue weighted by atomic mass is 16.6. The molecule has 2 rings (SSSR count). The second kappa shape index (κ2) is 7.18. The smallest absolute Gasteiger partial charge is 0.353 e. The second-order valence-corrected chi connectivity index (χ2v) is 4.44. The van der Waals surface area contributed by atoms with Gasteiger partial charge in [0.1, 0.15) is 6.33 Å². The maximum Gasteiger partial charge on any atom is 0.353 e. The highest BCUT2D eigenvalue weighted by molar-refractivity contribution is 5.68. The predicted octanol–water partition coefficient (Wildman–Crippen LogP) is 2.47. The Labute approximate surface area is 122 Å². The number of rotatable bonds is 7. The number of aryl methyl sites for hydroxylation is 1. The van der Waals surface area contributed by atoms with Gasteiger partial charge in [-0.05, 0) is 18.4 Å². The normalized spacial score (nSPS) is 10.1. The van der Waals surface area contributed by atoms with Gasteiger partial charge in [-0.2, -0.15) is 0 Å². The molecule has 0 saturated carbocycles. The number of nitro groups is 1. The van der Waals surface area contributed by atoms with Crippen molar-refractivity contribution < 1.29 is 4.92 Å². The van der Waals surface area contributed by atoms with Gasteiger partial charge in [-0.3, -0.25) is 10.1 Å². The van der Waals surface area contributed by atoms with Crippen LogP contribution in [0.1, 0.15) is 12.0 Å². The zero-order valence-corrected chi connectivity index (χ0v) is 11.7. The van der Waals surface area contributed by atoms with E-state index in [9.17, 15) is 10.1 Å². The van der Waals surface area contributed by atoms with Crippen LogP contribution in [-0.4, -0.2) is 28.5 Å². The number of hydrogen-bond acceptors (Lipinski definition) is 6. The fourth-order valence-corrected chi connectivity index (χ4v) is 2.01. The fourth-order valence-electron chi connectivity index (χ4n) is 2.01. The summed E-state index contributed by atoms with van der Waals surface area (Å²) in [4.78, 5) is 18.4. The van der Waals surface area contributed by atoms with Crippen molar-refractivity contribution in [1.29, 1.82) is 0 Å².